The molecule has 0 heterocycles. The molecule has 148 valence electrons. The maximum absolute atomic E-state index is 12.1. The van der Waals surface area contributed by atoms with Gasteiger partial charge in [0.05, 0.1) is 13.7 Å². The number of hydrogen-bond acceptors (Lipinski definition) is 5. The molecule has 2 rings (SSSR count). The Morgan fingerprint density at radius 1 is 1.11 bits per heavy atom. The van der Waals surface area contributed by atoms with E-state index in [2.05, 4.69) is 5.32 Å². The number of carbonyl (C=O) groups is 2. The van der Waals surface area contributed by atoms with Crippen LogP contribution in [0.1, 0.15) is 25.8 Å². The van der Waals surface area contributed by atoms with Gasteiger partial charge >= 0.3 is 5.97 Å². The van der Waals surface area contributed by atoms with Crippen LogP contribution in [0.5, 0.6) is 11.5 Å². The van der Waals surface area contributed by atoms with E-state index in [1.807, 2.05) is 31.2 Å². The number of hydrogen-bond donors (Lipinski definition) is 1. The topological polar surface area (TPSA) is 73.9 Å². The zero-order chi connectivity index (χ0) is 20.4. The van der Waals surface area contributed by atoms with Crippen LogP contribution in [0.2, 0.25) is 0 Å². The molecule has 1 atom stereocenters. The summed E-state index contributed by atoms with van der Waals surface area (Å²) in [5.74, 6) is 0.225. The lowest BCUT2D eigenvalue weighted by Gasteiger charge is -2.12. The second-order valence-corrected chi connectivity index (χ2v) is 6.03. The average Bonchev–Trinajstić information content (AvgIpc) is 2.71. The van der Waals surface area contributed by atoms with Gasteiger partial charge in [0.15, 0.2) is 17.6 Å². The first-order valence-electron chi connectivity index (χ1n) is 9.09. The second-order valence-electron chi connectivity index (χ2n) is 6.03. The van der Waals surface area contributed by atoms with Crippen molar-refractivity contribution >= 4 is 23.6 Å². The molecule has 0 aliphatic heterocycles. The molecule has 6 heteroatoms. The molecule has 1 N–H and O–H groups in total. The fourth-order valence-corrected chi connectivity index (χ4v) is 2.32. The maximum atomic E-state index is 12.1. The zero-order valence-electron chi connectivity index (χ0n) is 16.3. The minimum Gasteiger partial charge on any atom is -0.493 e. The van der Waals surface area contributed by atoms with E-state index in [1.54, 1.807) is 37.5 Å². The third-order valence-corrected chi connectivity index (χ3v) is 3.76. The molecule has 0 aromatic heterocycles. The van der Waals surface area contributed by atoms with E-state index in [0.29, 0.717) is 23.8 Å². The molecular weight excluding hydrogens is 358 g/mol. The van der Waals surface area contributed by atoms with E-state index in [4.69, 9.17) is 14.2 Å². The smallest absolute Gasteiger partial charge is 0.331 e. The first-order chi connectivity index (χ1) is 13.5. The number of benzene rings is 2. The Morgan fingerprint density at radius 3 is 2.54 bits per heavy atom. The van der Waals surface area contributed by atoms with Crippen molar-refractivity contribution in [3.63, 3.8) is 0 Å². The predicted molar refractivity (Wildman–Crippen MR) is 108 cm³/mol. The summed E-state index contributed by atoms with van der Waals surface area (Å²) in [5, 5.41) is 2.69. The molecule has 28 heavy (non-hydrogen) atoms. The number of anilines is 1. The van der Waals surface area contributed by atoms with Crippen molar-refractivity contribution in [2.75, 3.05) is 19.0 Å². The standard InChI is InChI=1S/C22H25NO5/c1-4-14-27-19-12-10-17(15-20(19)26-3)11-13-21(24)28-16(2)22(25)23-18-8-6-5-7-9-18/h5-13,15-16H,4,14H2,1-3H3,(H,23,25)/b13-11+/t16-/m1/s1. The fraction of sp³-hybridized carbons (Fsp3) is 0.273. The molecule has 0 aliphatic carbocycles. The van der Waals surface area contributed by atoms with Crippen LogP contribution in [0.4, 0.5) is 5.69 Å². The number of amides is 1. The van der Waals surface area contributed by atoms with E-state index in [1.165, 1.54) is 13.0 Å². The van der Waals surface area contributed by atoms with Gasteiger partial charge < -0.3 is 19.5 Å². The van der Waals surface area contributed by atoms with Gasteiger partial charge in [-0.2, -0.15) is 0 Å². The highest BCUT2D eigenvalue weighted by atomic mass is 16.5. The molecule has 2 aromatic carbocycles. The van der Waals surface area contributed by atoms with Crippen LogP contribution in [0.15, 0.2) is 54.6 Å². The molecule has 0 spiro atoms. The number of para-hydroxylation sites is 1. The van der Waals surface area contributed by atoms with Crippen molar-refractivity contribution in [1.82, 2.24) is 0 Å². The fourth-order valence-electron chi connectivity index (χ4n) is 2.32. The summed E-state index contributed by atoms with van der Waals surface area (Å²) in [6.07, 6.45) is 2.84. The molecule has 1 amide bonds. The Bertz CT molecular complexity index is 817. The lowest BCUT2D eigenvalue weighted by atomic mass is 10.2. The lowest BCUT2D eigenvalue weighted by Crippen LogP contribution is -2.29. The van der Waals surface area contributed by atoms with Crippen molar-refractivity contribution in [2.45, 2.75) is 26.4 Å². The van der Waals surface area contributed by atoms with Gasteiger partial charge in [-0.1, -0.05) is 31.2 Å². The van der Waals surface area contributed by atoms with Crippen LogP contribution in [-0.4, -0.2) is 31.7 Å². The minimum absolute atomic E-state index is 0.396. The summed E-state index contributed by atoms with van der Waals surface area (Å²) in [5.41, 5.74) is 1.39. The first kappa shape index (κ1) is 21.0. The Morgan fingerprint density at radius 2 is 1.86 bits per heavy atom. The van der Waals surface area contributed by atoms with E-state index in [-0.39, 0.29) is 0 Å². The van der Waals surface area contributed by atoms with Crippen LogP contribution >= 0.6 is 0 Å². The van der Waals surface area contributed by atoms with Gasteiger partial charge in [0.25, 0.3) is 5.91 Å². The van der Waals surface area contributed by atoms with Crippen molar-refractivity contribution in [2.24, 2.45) is 0 Å². The van der Waals surface area contributed by atoms with Gasteiger partial charge in [-0.15, -0.1) is 0 Å². The number of nitrogens with one attached hydrogen (secondary N) is 1. The zero-order valence-corrected chi connectivity index (χ0v) is 16.3. The molecular formula is C22H25NO5. The Balaban J connectivity index is 1.92. The largest absolute Gasteiger partial charge is 0.493 e. The summed E-state index contributed by atoms with van der Waals surface area (Å²) in [6, 6.07) is 14.3. The molecule has 6 nitrogen and oxygen atoms in total. The number of esters is 1. The van der Waals surface area contributed by atoms with E-state index in [9.17, 15) is 9.59 Å². The van der Waals surface area contributed by atoms with E-state index < -0.39 is 18.0 Å². The van der Waals surface area contributed by atoms with Gasteiger partial charge in [-0.05, 0) is 49.2 Å². The lowest BCUT2D eigenvalue weighted by molar-refractivity contribution is -0.148. The number of rotatable bonds is 9. The summed E-state index contributed by atoms with van der Waals surface area (Å²) in [7, 11) is 1.56. The number of carbonyl (C=O) groups excluding carboxylic acids is 2. The highest BCUT2D eigenvalue weighted by molar-refractivity contribution is 5.96. The Hall–Kier alpha value is -3.28. The van der Waals surface area contributed by atoms with Gasteiger partial charge in [-0.3, -0.25) is 4.79 Å². The second kappa shape index (κ2) is 10.8. The van der Waals surface area contributed by atoms with Gasteiger partial charge in [0, 0.05) is 11.8 Å². The monoisotopic (exact) mass is 383 g/mol. The summed E-state index contributed by atoms with van der Waals surface area (Å²) in [6.45, 7) is 4.14. The highest BCUT2D eigenvalue weighted by Crippen LogP contribution is 2.28. The third kappa shape index (κ3) is 6.46. The summed E-state index contributed by atoms with van der Waals surface area (Å²) >= 11 is 0. The molecule has 0 fully saturated rings. The van der Waals surface area contributed by atoms with Gasteiger partial charge in [0.1, 0.15) is 0 Å². The average molecular weight is 383 g/mol. The van der Waals surface area contributed by atoms with Crippen molar-refractivity contribution in [3.05, 3.63) is 60.2 Å². The molecule has 0 radical (unpaired) electrons. The van der Waals surface area contributed by atoms with Gasteiger partial charge in [-0.25, -0.2) is 4.79 Å². The molecule has 0 bridgehead atoms. The molecule has 2 aromatic rings. The Labute approximate surface area is 165 Å². The SMILES string of the molecule is CCCOc1ccc(/C=C/C(=O)O[C@H](C)C(=O)Nc2ccccc2)cc1OC. The van der Waals surface area contributed by atoms with Crippen molar-refractivity contribution in [3.8, 4) is 11.5 Å². The van der Waals surface area contributed by atoms with Gasteiger partial charge in [0.2, 0.25) is 0 Å². The summed E-state index contributed by atoms with van der Waals surface area (Å²) < 4.78 is 16.1. The van der Waals surface area contributed by atoms with Crippen LogP contribution < -0.4 is 14.8 Å². The molecule has 0 unspecified atom stereocenters. The number of ether oxygens (including phenoxy) is 3. The van der Waals surface area contributed by atoms with E-state index in [0.717, 1.165) is 12.0 Å². The van der Waals surface area contributed by atoms with E-state index >= 15 is 0 Å². The number of methoxy groups -OCH3 is 1. The van der Waals surface area contributed by atoms with Crippen LogP contribution in [0, 0.1) is 0 Å². The first-order valence-corrected chi connectivity index (χ1v) is 9.09. The summed E-state index contributed by atoms with van der Waals surface area (Å²) in [4.78, 5) is 24.1. The molecule has 0 saturated heterocycles. The van der Waals surface area contributed by atoms with Crippen LogP contribution in [0.25, 0.3) is 6.08 Å². The predicted octanol–water partition coefficient (Wildman–Crippen LogP) is 4.07. The Kier molecular flexibility index (Phi) is 8.09. The maximum Gasteiger partial charge on any atom is 0.331 e. The normalized spacial score (nSPS) is 11.7. The van der Waals surface area contributed by atoms with Crippen molar-refractivity contribution in [1.29, 1.82) is 0 Å². The molecule has 0 aliphatic rings. The highest BCUT2D eigenvalue weighted by Gasteiger charge is 2.16. The third-order valence-electron chi connectivity index (χ3n) is 3.76. The van der Waals surface area contributed by atoms with Crippen LogP contribution in [-0.2, 0) is 14.3 Å². The molecule has 0 saturated carbocycles. The van der Waals surface area contributed by atoms with Crippen LogP contribution in [0.3, 0.4) is 0 Å². The quantitative estimate of drug-likeness (QED) is 0.522. The van der Waals surface area contributed by atoms with Crippen molar-refractivity contribution < 1.29 is 23.8 Å². The minimum atomic E-state index is -0.920.